The fraction of sp³-hybridized carbons (Fsp3) is 0.105. The van der Waals surface area contributed by atoms with E-state index in [-0.39, 0.29) is 5.91 Å². The Morgan fingerprint density at radius 2 is 1.96 bits per heavy atom. The first-order chi connectivity index (χ1) is 13.1. The van der Waals surface area contributed by atoms with Crippen molar-refractivity contribution in [3.8, 4) is 11.4 Å². The summed E-state index contributed by atoms with van der Waals surface area (Å²) in [4.78, 5) is 26.2. The first-order valence-corrected chi connectivity index (χ1v) is 8.31. The summed E-state index contributed by atoms with van der Waals surface area (Å²) in [5.74, 6) is -0.0567. The van der Waals surface area contributed by atoms with E-state index in [1.807, 2.05) is 24.3 Å². The van der Waals surface area contributed by atoms with Gasteiger partial charge in [-0.1, -0.05) is 6.07 Å². The third-order valence-corrected chi connectivity index (χ3v) is 4.05. The van der Waals surface area contributed by atoms with E-state index in [1.165, 1.54) is 6.33 Å². The predicted molar refractivity (Wildman–Crippen MR) is 102 cm³/mol. The number of hydrogen-bond donors (Lipinski definition) is 1. The van der Waals surface area contributed by atoms with Crippen LogP contribution in [0.1, 0.15) is 10.4 Å². The molecule has 0 unspecified atom stereocenters. The molecule has 3 heterocycles. The quantitative estimate of drug-likeness (QED) is 0.603. The number of aromatic nitrogens is 5. The standard InChI is InChI=1S/C19H17N7O/c1-25(2)19(27)13-4-3-5-14(10-13)23-18-16-7-9-21-12-26(16)24-17(18)15-6-8-20-11-22-15/h3-12,23H,1-2H3. The van der Waals surface area contributed by atoms with Crippen LogP contribution in [0.25, 0.3) is 16.9 Å². The van der Waals surface area contributed by atoms with Gasteiger partial charge in [-0.2, -0.15) is 5.10 Å². The highest BCUT2D eigenvalue weighted by Crippen LogP contribution is 2.32. The third kappa shape index (κ3) is 3.20. The van der Waals surface area contributed by atoms with E-state index in [0.29, 0.717) is 17.0 Å². The van der Waals surface area contributed by atoms with Gasteiger partial charge in [-0.3, -0.25) is 4.79 Å². The second-order valence-electron chi connectivity index (χ2n) is 6.13. The van der Waals surface area contributed by atoms with Gasteiger partial charge in [0.05, 0.1) is 16.9 Å². The number of benzene rings is 1. The number of anilines is 2. The van der Waals surface area contributed by atoms with Crippen molar-refractivity contribution in [2.45, 2.75) is 0 Å². The van der Waals surface area contributed by atoms with Crippen LogP contribution in [0.3, 0.4) is 0 Å². The van der Waals surface area contributed by atoms with Crippen LogP contribution in [0.5, 0.6) is 0 Å². The lowest BCUT2D eigenvalue weighted by Crippen LogP contribution is -2.21. The van der Waals surface area contributed by atoms with Crippen molar-refractivity contribution in [3.05, 3.63) is 67.0 Å². The van der Waals surface area contributed by atoms with Crippen LogP contribution in [0.2, 0.25) is 0 Å². The predicted octanol–water partition coefficient (Wildman–Crippen LogP) is 2.63. The van der Waals surface area contributed by atoms with Gasteiger partial charge in [0.2, 0.25) is 0 Å². The van der Waals surface area contributed by atoms with Gasteiger partial charge >= 0.3 is 0 Å². The van der Waals surface area contributed by atoms with Gasteiger partial charge in [0.15, 0.2) is 0 Å². The smallest absolute Gasteiger partial charge is 0.253 e. The highest BCUT2D eigenvalue weighted by Gasteiger charge is 2.16. The summed E-state index contributed by atoms with van der Waals surface area (Å²) >= 11 is 0. The molecule has 134 valence electrons. The molecule has 8 heteroatoms. The summed E-state index contributed by atoms with van der Waals surface area (Å²) in [5, 5.41) is 7.98. The van der Waals surface area contributed by atoms with Crippen LogP contribution < -0.4 is 5.32 Å². The maximum atomic E-state index is 12.3. The summed E-state index contributed by atoms with van der Waals surface area (Å²) in [6, 6.07) is 11.0. The zero-order chi connectivity index (χ0) is 18.8. The first-order valence-electron chi connectivity index (χ1n) is 8.31. The van der Waals surface area contributed by atoms with Crippen LogP contribution >= 0.6 is 0 Å². The number of nitrogens with zero attached hydrogens (tertiary/aromatic N) is 6. The number of rotatable bonds is 4. The number of carbonyl (C=O) groups is 1. The molecule has 0 aliphatic rings. The minimum atomic E-state index is -0.0567. The normalized spacial score (nSPS) is 10.7. The molecule has 8 nitrogen and oxygen atoms in total. The van der Waals surface area contributed by atoms with Gasteiger partial charge in [0.25, 0.3) is 5.91 Å². The molecule has 0 fully saturated rings. The highest BCUT2D eigenvalue weighted by molar-refractivity contribution is 5.96. The van der Waals surface area contributed by atoms with Crippen molar-refractivity contribution in [2.75, 3.05) is 19.4 Å². The van der Waals surface area contributed by atoms with Crippen molar-refractivity contribution in [1.29, 1.82) is 0 Å². The summed E-state index contributed by atoms with van der Waals surface area (Å²) in [5.41, 5.74) is 4.39. The Morgan fingerprint density at radius 3 is 2.74 bits per heavy atom. The van der Waals surface area contributed by atoms with E-state index in [9.17, 15) is 4.79 Å². The van der Waals surface area contributed by atoms with E-state index in [4.69, 9.17) is 0 Å². The largest absolute Gasteiger partial charge is 0.352 e. The molecule has 0 aliphatic heterocycles. The zero-order valence-corrected chi connectivity index (χ0v) is 14.9. The summed E-state index contributed by atoms with van der Waals surface area (Å²) in [6.45, 7) is 0. The van der Waals surface area contributed by atoms with Gasteiger partial charge < -0.3 is 10.2 Å². The third-order valence-electron chi connectivity index (χ3n) is 4.05. The molecular formula is C19H17N7O. The Bertz CT molecular complexity index is 1110. The van der Waals surface area contributed by atoms with Crippen LogP contribution in [-0.4, -0.2) is 49.5 Å². The van der Waals surface area contributed by atoms with Gasteiger partial charge in [-0.15, -0.1) is 0 Å². The highest BCUT2D eigenvalue weighted by atomic mass is 16.2. The molecular weight excluding hydrogens is 342 g/mol. The second-order valence-corrected chi connectivity index (χ2v) is 6.13. The number of carbonyl (C=O) groups excluding carboxylic acids is 1. The Kier molecular flexibility index (Phi) is 4.21. The Labute approximate surface area is 155 Å². The van der Waals surface area contributed by atoms with Crippen molar-refractivity contribution in [2.24, 2.45) is 0 Å². The minimum Gasteiger partial charge on any atom is -0.352 e. The van der Waals surface area contributed by atoms with Crippen LogP contribution in [0.15, 0.2) is 61.4 Å². The SMILES string of the molecule is CN(C)C(=O)c1cccc(Nc2c(-c3ccncn3)nn3cnccc23)c1. The molecule has 4 aromatic rings. The summed E-state index contributed by atoms with van der Waals surface area (Å²) in [6.07, 6.45) is 6.50. The maximum Gasteiger partial charge on any atom is 0.253 e. The molecule has 4 rings (SSSR count). The lowest BCUT2D eigenvalue weighted by atomic mass is 10.1. The first kappa shape index (κ1) is 16.6. The molecule has 27 heavy (non-hydrogen) atoms. The number of nitrogens with one attached hydrogen (secondary N) is 1. The fourth-order valence-electron chi connectivity index (χ4n) is 2.78. The topological polar surface area (TPSA) is 88.3 Å². The number of amides is 1. The number of fused-ring (bicyclic) bond motifs is 1. The summed E-state index contributed by atoms with van der Waals surface area (Å²) in [7, 11) is 3.46. The molecule has 1 amide bonds. The second kappa shape index (κ2) is 6.83. The van der Waals surface area contributed by atoms with E-state index < -0.39 is 0 Å². The van der Waals surface area contributed by atoms with E-state index >= 15 is 0 Å². The van der Waals surface area contributed by atoms with Crippen molar-refractivity contribution >= 4 is 22.8 Å². The van der Waals surface area contributed by atoms with Gasteiger partial charge in [0, 0.05) is 37.7 Å². The molecule has 1 N–H and O–H groups in total. The minimum absolute atomic E-state index is 0.0567. The Hall–Kier alpha value is -3.81. The molecule has 3 aromatic heterocycles. The molecule has 0 saturated heterocycles. The average Bonchev–Trinajstić information content (AvgIpc) is 3.07. The van der Waals surface area contributed by atoms with Crippen LogP contribution in [0.4, 0.5) is 11.4 Å². The molecule has 1 aromatic carbocycles. The molecule has 0 radical (unpaired) electrons. The molecule has 0 atom stereocenters. The lowest BCUT2D eigenvalue weighted by Gasteiger charge is -2.12. The maximum absolute atomic E-state index is 12.3. The van der Waals surface area contributed by atoms with E-state index in [2.05, 4.69) is 25.4 Å². The monoisotopic (exact) mass is 359 g/mol. The molecule has 0 spiro atoms. The van der Waals surface area contributed by atoms with Crippen molar-refractivity contribution < 1.29 is 4.79 Å². The van der Waals surface area contributed by atoms with Gasteiger partial charge in [-0.05, 0) is 30.3 Å². The fourth-order valence-corrected chi connectivity index (χ4v) is 2.78. The summed E-state index contributed by atoms with van der Waals surface area (Å²) < 4.78 is 1.69. The Balaban J connectivity index is 1.80. The van der Waals surface area contributed by atoms with E-state index in [0.717, 1.165) is 16.9 Å². The van der Waals surface area contributed by atoms with E-state index in [1.54, 1.807) is 54.4 Å². The molecule has 0 bridgehead atoms. The van der Waals surface area contributed by atoms with Crippen LogP contribution in [0, 0.1) is 0 Å². The Morgan fingerprint density at radius 1 is 1.11 bits per heavy atom. The van der Waals surface area contributed by atoms with Crippen molar-refractivity contribution in [1.82, 2.24) is 29.5 Å². The average molecular weight is 359 g/mol. The molecule has 0 aliphatic carbocycles. The lowest BCUT2D eigenvalue weighted by molar-refractivity contribution is 0.0827. The van der Waals surface area contributed by atoms with Gasteiger partial charge in [-0.25, -0.2) is 19.5 Å². The zero-order valence-electron chi connectivity index (χ0n) is 14.9. The van der Waals surface area contributed by atoms with Crippen molar-refractivity contribution in [3.63, 3.8) is 0 Å². The molecule has 0 saturated carbocycles. The van der Waals surface area contributed by atoms with Crippen LogP contribution in [-0.2, 0) is 0 Å². The number of hydrogen-bond acceptors (Lipinski definition) is 6. The van der Waals surface area contributed by atoms with Gasteiger partial charge in [0.1, 0.15) is 18.3 Å².